The van der Waals surface area contributed by atoms with Crippen LogP contribution in [0.2, 0.25) is 0 Å². The molecule has 0 fully saturated rings. The van der Waals surface area contributed by atoms with Crippen LogP contribution in [0.3, 0.4) is 0 Å². The Labute approximate surface area is 190 Å². The molecule has 2 aromatic carbocycles. The van der Waals surface area contributed by atoms with Gasteiger partial charge in [0.25, 0.3) is 0 Å². The van der Waals surface area contributed by atoms with E-state index in [0.29, 0.717) is 5.75 Å². The van der Waals surface area contributed by atoms with Gasteiger partial charge in [0, 0.05) is 29.4 Å². The van der Waals surface area contributed by atoms with Crippen molar-refractivity contribution < 1.29 is 4.74 Å². The van der Waals surface area contributed by atoms with Crippen LogP contribution in [-0.2, 0) is 5.75 Å². The lowest BCUT2D eigenvalue weighted by Gasteiger charge is -2.11. The number of hydrogen-bond acceptors (Lipinski definition) is 5. The molecule has 0 unspecified atom stereocenters. The van der Waals surface area contributed by atoms with Crippen molar-refractivity contribution in [3.63, 3.8) is 0 Å². The number of aryl methyl sites for hydroxylation is 2. The SMILES string of the molecule is COc1ccc(-c2nnc(SCc3cn4cccc(C)c4n3)n2-c2ccc(C)cc2)cc1. The highest BCUT2D eigenvalue weighted by atomic mass is 32.2. The van der Waals surface area contributed by atoms with Crippen LogP contribution in [0.25, 0.3) is 22.7 Å². The number of benzene rings is 2. The van der Waals surface area contributed by atoms with Gasteiger partial charge in [-0.3, -0.25) is 4.57 Å². The Morgan fingerprint density at radius 1 is 0.938 bits per heavy atom. The molecule has 0 spiro atoms. The topological polar surface area (TPSA) is 57.2 Å². The van der Waals surface area contributed by atoms with Gasteiger partial charge in [0.2, 0.25) is 0 Å². The first kappa shape index (κ1) is 20.3. The van der Waals surface area contributed by atoms with Crippen LogP contribution in [0.4, 0.5) is 0 Å². The molecule has 0 bridgehead atoms. The number of nitrogens with zero attached hydrogens (tertiary/aromatic N) is 5. The highest BCUT2D eigenvalue weighted by Crippen LogP contribution is 2.30. The Kier molecular flexibility index (Phi) is 5.41. The molecule has 5 aromatic rings. The van der Waals surface area contributed by atoms with Crippen molar-refractivity contribution in [3.05, 3.63) is 89.9 Å². The number of fused-ring (bicyclic) bond motifs is 1. The van der Waals surface area contributed by atoms with Crippen LogP contribution in [0, 0.1) is 13.8 Å². The van der Waals surface area contributed by atoms with Crippen LogP contribution in [0.1, 0.15) is 16.8 Å². The lowest BCUT2D eigenvalue weighted by atomic mass is 10.2. The fraction of sp³-hybridized carbons (Fsp3) is 0.160. The molecule has 0 aliphatic rings. The fourth-order valence-electron chi connectivity index (χ4n) is 3.63. The summed E-state index contributed by atoms with van der Waals surface area (Å²) < 4.78 is 9.48. The predicted octanol–water partition coefficient (Wildman–Crippen LogP) is 5.50. The molecule has 3 aromatic heterocycles. The second kappa shape index (κ2) is 8.51. The summed E-state index contributed by atoms with van der Waals surface area (Å²) in [6.07, 6.45) is 4.10. The van der Waals surface area contributed by atoms with Gasteiger partial charge in [0.1, 0.15) is 11.4 Å². The van der Waals surface area contributed by atoms with Gasteiger partial charge >= 0.3 is 0 Å². The number of imidazole rings is 1. The van der Waals surface area contributed by atoms with Crippen LogP contribution in [0.5, 0.6) is 5.75 Å². The summed E-state index contributed by atoms with van der Waals surface area (Å²) in [5.41, 5.74) is 6.38. The van der Waals surface area contributed by atoms with E-state index in [1.165, 1.54) is 5.56 Å². The van der Waals surface area contributed by atoms with Gasteiger partial charge in [-0.15, -0.1) is 10.2 Å². The molecule has 32 heavy (non-hydrogen) atoms. The molecule has 5 rings (SSSR count). The lowest BCUT2D eigenvalue weighted by Crippen LogP contribution is -2.00. The van der Waals surface area contributed by atoms with E-state index in [0.717, 1.165) is 44.9 Å². The van der Waals surface area contributed by atoms with Crippen LogP contribution < -0.4 is 4.74 Å². The second-order valence-electron chi connectivity index (χ2n) is 7.65. The minimum absolute atomic E-state index is 0.702. The standard InChI is InChI=1S/C25H23N5OS/c1-17-6-10-21(11-7-17)30-24(19-8-12-22(31-3)13-9-19)27-28-25(30)32-16-20-15-29-14-4-5-18(2)23(29)26-20/h4-15H,16H2,1-3H3. The molecule has 0 aliphatic carbocycles. The van der Waals surface area contributed by atoms with Crippen molar-refractivity contribution in [3.8, 4) is 22.8 Å². The van der Waals surface area contributed by atoms with Gasteiger partial charge in [0.05, 0.1) is 12.8 Å². The summed E-state index contributed by atoms with van der Waals surface area (Å²) in [5.74, 6) is 2.31. The van der Waals surface area contributed by atoms with Gasteiger partial charge in [-0.25, -0.2) is 4.98 Å². The highest BCUT2D eigenvalue weighted by molar-refractivity contribution is 7.98. The summed E-state index contributed by atoms with van der Waals surface area (Å²) in [6.45, 7) is 4.16. The first-order valence-electron chi connectivity index (χ1n) is 10.4. The van der Waals surface area contributed by atoms with E-state index in [2.05, 4.69) is 69.5 Å². The molecule has 3 heterocycles. The Morgan fingerprint density at radius 2 is 1.72 bits per heavy atom. The number of ether oxygens (including phenoxy) is 1. The smallest absolute Gasteiger partial charge is 0.196 e. The van der Waals surface area contributed by atoms with E-state index in [-0.39, 0.29) is 0 Å². The van der Waals surface area contributed by atoms with E-state index in [4.69, 9.17) is 9.72 Å². The average molecular weight is 442 g/mol. The second-order valence-corrected chi connectivity index (χ2v) is 8.59. The molecule has 0 amide bonds. The third kappa shape index (κ3) is 3.87. The monoisotopic (exact) mass is 441 g/mol. The van der Waals surface area contributed by atoms with E-state index in [1.54, 1.807) is 18.9 Å². The van der Waals surface area contributed by atoms with E-state index in [1.807, 2.05) is 36.5 Å². The third-order valence-electron chi connectivity index (χ3n) is 5.35. The van der Waals surface area contributed by atoms with E-state index < -0.39 is 0 Å². The zero-order chi connectivity index (χ0) is 22.1. The summed E-state index contributed by atoms with van der Waals surface area (Å²) >= 11 is 1.63. The van der Waals surface area contributed by atoms with Gasteiger partial charge in [-0.1, -0.05) is 35.5 Å². The lowest BCUT2D eigenvalue weighted by molar-refractivity contribution is 0.415. The van der Waals surface area contributed by atoms with E-state index >= 15 is 0 Å². The highest BCUT2D eigenvalue weighted by Gasteiger charge is 2.17. The average Bonchev–Trinajstić information content (AvgIpc) is 3.43. The molecule has 0 atom stereocenters. The minimum Gasteiger partial charge on any atom is -0.497 e. The van der Waals surface area contributed by atoms with Gasteiger partial charge in [-0.05, 0) is 61.9 Å². The Hall–Kier alpha value is -3.58. The zero-order valence-corrected chi connectivity index (χ0v) is 19.0. The number of methoxy groups -OCH3 is 1. The van der Waals surface area contributed by atoms with Crippen molar-refractivity contribution in [2.75, 3.05) is 7.11 Å². The number of aromatic nitrogens is 5. The van der Waals surface area contributed by atoms with Crippen LogP contribution >= 0.6 is 11.8 Å². The predicted molar refractivity (Wildman–Crippen MR) is 128 cm³/mol. The molecular weight excluding hydrogens is 418 g/mol. The fourth-order valence-corrected chi connectivity index (χ4v) is 4.47. The maximum Gasteiger partial charge on any atom is 0.196 e. The van der Waals surface area contributed by atoms with Gasteiger partial charge < -0.3 is 9.14 Å². The molecule has 0 radical (unpaired) electrons. The molecule has 7 heteroatoms. The van der Waals surface area contributed by atoms with Crippen molar-refractivity contribution in [2.45, 2.75) is 24.8 Å². The molecular formula is C25H23N5OS. The molecule has 0 aliphatic heterocycles. The number of thioether (sulfide) groups is 1. The van der Waals surface area contributed by atoms with Gasteiger partial charge in [-0.2, -0.15) is 0 Å². The Morgan fingerprint density at radius 3 is 2.44 bits per heavy atom. The number of rotatable bonds is 6. The van der Waals surface area contributed by atoms with Crippen molar-refractivity contribution in [2.24, 2.45) is 0 Å². The molecule has 160 valence electrons. The first-order valence-corrected chi connectivity index (χ1v) is 11.3. The van der Waals surface area contributed by atoms with Gasteiger partial charge in [0.15, 0.2) is 11.0 Å². The summed E-state index contributed by atoms with van der Waals surface area (Å²) in [7, 11) is 1.67. The zero-order valence-electron chi connectivity index (χ0n) is 18.2. The quantitative estimate of drug-likeness (QED) is 0.326. The normalized spacial score (nSPS) is 11.2. The Bertz CT molecular complexity index is 1370. The molecule has 0 saturated heterocycles. The molecule has 0 saturated carbocycles. The summed E-state index contributed by atoms with van der Waals surface area (Å²) in [6, 6.07) is 20.4. The molecule has 6 nitrogen and oxygen atoms in total. The third-order valence-corrected chi connectivity index (χ3v) is 6.31. The summed E-state index contributed by atoms with van der Waals surface area (Å²) in [5, 5.41) is 9.89. The number of hydrogen-bond donors (Lipinski definition) is 0. The first-order chi connectivity index (χ1) is 15.6. The van der Waals surface area contributed by atoms with E-state index in [9.17, 15) is 0 Å². The van der Waals surface area contributed by atoms with Crippen molar-refractivity contribution >= 4 is 17.4 Å². The van der Waals surface area contributed by atoms with Crippen LogP contribution in [0.15, 0.2) is 78.2 Å². The maximum absolute atomic E-state index is 5.30. The van der Waals surface area contributed by atoms with Crippen molar-refractivity contribution in [1.82, 2.24) is 24.1 Å². The molecule has 0 N–H and O–H groups in total. The van der Waals surface area contributed by atoms with Crippen molar-refractivity contribution in [1.29, 1.82) is 0 Å². The maximum atomic E-state index is 5.30. The number of pyridine rings is 1. The minimum atomic E-state index is 0.702. The van der Waals surface area contributed by atoms with Crippen LogP contribution in [-0.4, -0.2) is 31.3 Å². The summed E-state index contributed by atoms with van der Waals surface area (Å²) in [4.78, 5) is 4.80. The largest absolute Gasteiger partial charge is 0.497 e. The Balaban J connectivity index is 1.51.